The van der Waals surface area contributed by atoms with Gasteiger partial charge in [0.25, 0.3) is 0 Å². The third kappa shape index (κ3) is 3.29. The van der Waals surface area contributed by atoms with Gasteiger partial charge in [-0.05, 0) is 37.6 Å². The van der Waals surface area contributed by atoms with Gasteiger partial charge in [-0.2, -0.15) is 5.10 Å². The van der Waals surface area contributed by atoms with Crippen molar-refractivity contribution in [3.05, 3.63) is 125 Å². The van der Waals surface area contributed by atoms with E-state index >= 15 is 0 Å². The van der Waals surface area contributed by atoms with E-state index in [1.165, 1.54) is 0 Å². The number of aromatic nitrogens is 4. The molecule has 0 radical (unpaired) electrons. The van der Waals surface area contributed by atoms with E-state index in [-0.39, 0.29) is 5.76 Å². The number of para-hydroxylation sites is 1. The molecule has 0 bridgehead atoms. The van der Waals surface area contributed by atoms with Gasteiger partial charge < -0.3 is 5.11 Å². The number of aliphatic hydroxyl groups excluding tert-OH is 1. The molecule has 1 aromatic heterocycles. The molecule has 0 saturated carbocycles. The van der Waals surface area contributed by atoms with Gasteiger partial charge in [0, 0.05) is 27.6 Å². The molecule has 5 nitrogen and oxygen atoms in total. The van der Waals surface area contributed by atoms with Crippen LogP contribution in [0, 0.1) is 13.8 Å². The van der Waals surface area contributed by atoms with Crippen molar-refractivity contribution >= 4 is 27.7 Å². The highest BCUT2D eigenvalue weighted by Crippen LogP contribution is 2.44. The van der Waals surface area contributed by atoms with Crippen LogP contribution in [0.15, 0.2) is 103 Å². The Labute approximate surface area is 219 Å². The number of aliphatic hydroxyl groups is 1. The van der Waals surface area contributed by atoms with Gasteiger partial charge >= 0.3 is 0 Å². The Bertz CT molecular complexity index is 1980. The lowest BCUT2D eigenvalue weighted by Gasteiger charge is -2.07. The van der Waals surface area contributed by atoms with Crippen molar-refractivity contribution in [3.8, 4) is 28.1 Å². The Morgan fingerprint density at radius 1 is 0.684 bits per heavy atom. The number of hydrogen-bond donors (Lipinski definition) is 1. The molecule has 2 aliphatic rings. The number of rotatable bonds is 3. The minimum Gasteiger partial charge on any atom is -0.505 e. The molecule has 5 heteroatoms. The van der Waals surface area contributed by atoms with Crippen LogP contribution in [0.25, 0.3) is 55.8 Å². The second kappa shape index (κ2) is 8.53. The Hall–Kier alpha value is -5.03. The zero-order valence-corrected chi connectivity index (χ0v) is 21.1. The molecule has 0 spiro atoms. The van der Waals surface area contributed by atoms with E-state index in [1.807, 2.05) is 90.5 Å². The van der Waals surface area contributed by atoms with Crippen LogP contribution in [0.2, 0.25) is 0 Å². The van der Waals surface area contributed by atoms with Crippen molar-refractivity contribution < 1.29 is 5.11 Å². The molecule has 182 valence electrons. The first-order valence-electron chi connectivity index (χ1n) is 12.6. The van der Waals surface area contributed by atoms with Crippen LogP contribution in [0.3, 0.4) is 0 Å². The first-order valence-corrected chi connectivity index (χ1v) is 12.6. The molecule has 0 saturated heterocycles. The topological polar surface area (TPSA) is 63.8 Å². The minimum atomic E-state index is 0.126. The first-order chi connectivity index (χ1) is 18.6. The Morgan fingerprint density at radius 3 is 2.05 bits per heavy atom. The van der Waals surface area contributed by atoms with E-state index in [0.29, 0.717) is 16.6 Å². The fourth-order valence-electron chi connectivity index (χ4n) is 5.42. The maximum atomic E-state index is 11.7. The van der Waals surface area contributed by atoms with E-state index in [0.717, 1.165) is 55.6 Å². The highest BCUT2D eigenvalue weighted by molar-refractivity contribution is 6.13. The third-order valence-corrected chi connectivity index (χ3v) is 7.17. The molecular formula is C33H24N4O. The fraction of sp³-hybridized carbons (Fsp3) is 0.0606. The highest BCUT2D eigenvalue weighted by atomic mass is 16.3. The van der Waals surface area contributed by atoms with Crippen LogP contribution in [-0.2, 0) is 0 Å². The maximum Gasteiger partial charge on any atom is 0.164 e. The van der Waals surface area contributed by atoms with Crippen molar-refractivity contribution in [2.75, 3.05) is 0 Å². The van der Waals surface area contributed by atoms with E-state index in [2.05, 4.69) is 31.2 Å². The molecule has 38 heavy (non-hydrogen) atoms. The summed E-state index contributed by atoms with van der Waals surface area (Å²) < 4.78 is 1.87. The Balaban J connectivity index is 1.76. The quantitative estimate of drug-likeness (QED) is 0.295. The van der Waals surface area contributed by atoms with E-state index in [4.69, 9.17) is 15.1 Å². The molecule has 0 atom stereocenters. The number of fused-ring (bicyclic) bond motifs is 2. The summed E-state index contributed by atoms with van der Waals surface area (Å²) in [6.07, 6.45) is 0. The Kier molecular flexibility index (Phi) is 4.98. The number of hydrogen-bond acceptors (Lipinski definition) is 4. The second-order valence-electron chi connectivity index (χ2n) is 9.56. The van der Waals surface area contributed by atoms with Crippen molar-refractivity contribution in [1.82, 2.24) is 19.7 Å². The molecule has 2 aliphatic heterocycles. The van der Waals surface area contributed by atoms with Gasteiger partial charge in [-0.15, -0.1) is 0 Å². The maximum absolute atomic E-state index is 11.7. The fourth-order valence-corrected chi connectivity index (χ4v) is 5.42. The number of aryl methyl sites for hydroxylation is 2. The van der Waals surface area contributed by atoms with Crippen molar-refractivity contribution in [1.29, 1.82) is 0 Å². The smallest absolute Gasteiger partial charge is 0.164 e. The third-order valence-electron chi connectivity index (χ3n) is 7.17. The summed E-state index contributed by atoms with van der Waals surface area (Å²) in [5, 5.41) is 19.0. The van der Waals surface area contributed by atoms with Crippen LogP contribution in [0.5, 0.6) is 0 Å². The van der Waals surface area contributed by atoms with Crippen LogP contribution >= 0.6 is 0 Å². The molecule has 7 rings (SSSR count). The number of benzene rings is 4. The van der Waals surface area contributed by atoms with Gasteiger partial charge in [-0.1, -0.05) is 84.9 Å². The zero-order valence-electron chi connectivity index (χ0n) is 21.1. The summed E-state index contributed by atoms with van der Waals surface area (Å²) in [6, 6.07) is 33.9. The van der Waals surface area contributed by atoms with Gasteiger partial charge in [0.05, 0.1) is 28.0 Å². The second-order valence-corrected chi connectivity index (χ2v) is 9.56. The minimum absolute atomic E-state index is 0.126. The SMILES string of the molecule is Cc1ccc2nc(-c3ccccc3)c3c4c(C)nn(-c5ccccc5)c4n/c(=C(/O)c4ccccc4)c1c2-3. The van der Waals surface area contributed by atoms with Crippen LogP contribution in [0.1, 0.15) is 16.8 Å². The van der Waals surface area contributed by atoms with E-state index < -0.39 is 0 Å². The zero-order chi connectivity index (χ0) is 25.8. The van der Waals surface area contributed by atoms with Gasteiger partial charge in [0.15, 0.2) is 5.65 Å². The lowest BCUT2D eigenvalue weighted by atomic mass is 9.94. The van der Waals surface area contributed by atoms with Gasteiger partial charge in [0.2, 0.25) is 0 Å². The predicted octanol–water partition coefficient (Wildman–Crippen LogP) is 6.79. The monoisotopic (exact) mass is 492 g/mol. The largest absolute Gasteiger partial charge is 0.505 e. The van der Waals surface area contributed by atoms with Crippen molar-refractivity contribution in [3.63, 3.8) is 0 Å². The summed E-state index contributed by atoms with van der Waals surface area (Å²) in [7, 11) is 0. The molecule has 4 aromatic carbocycles. The average Bonchev–Trinajstić information content (AvgIpc) is 3.44. The highest BCUT2D eigenvalue weighted by Gasteiger charge is 2.27. The molecule has 3 heterocycles. The van der Waals surface area contributed by atoms with Crippen LogP contribution in [0.4, 0.5) is 0 Å². The van der Waals surface area contributed by atoms with Crippen molar-refractivity contribution in [2.24, 2.45) is 0 Å². The van der Waals surface area contributed by atoms with Gasteiger partial charge in [-0.25, -0.2) is 14.6 Å². The van der Waals surface area contributed by atoms with Crippen LogP contribution in [-0.4, -0.2) is 24.9 Å². The molecule has 0 fully saturated rings. The van der Waals surface area contributed by atoms with Gasteiger partial charge in [-0.3, -0.25) is 0 Å². The van der Waals surface area contributed by atoms with Crippen LogP contribution < -0.4 is 5.35 Å². The van der Waals surface area contributed by atoms with E-state index in [1.54, 1.807) is 0 Å². The predicted molar refractivity (Wildman–Crippen MR) is 152 cm³/mol. The van der Waals surface area contributed by atoms with E-state index in [9.17, 15) is 5.11 Å². The van der Waals surface area contributed by atoms with Crippen molar-refractivity contribution in [2.45, 2.75) is 13.8 Å². The summed E-state index contributed by atoms with van der Waals surface area (Å²) in [4.78, 5) is 10.4. The first kappa shape index (κ1) is 22.2. The summed E-state index contributed by atoms with van der Waals surface area (Å²) in [5.41, 5.74) is 8.93. The normalized spacial score (nSPS) is 12.5. The lowest BCUT2D eigenvalue weighted by Crippen LogP contribution is -2.14. The molecule has 0 aliphatic carbocycles. The molecule has 1 N–H and O–H groups in total. The summed E-state index contributed by atoms with van der Waals surface area (Å²) >= 11 is 0. The standard InChI is InChI=1S/C33H24N4O/c1-20-18-19-25-28-26(20)31(32(38)23-14-8-4-9-15-23)35-33-27(21(2)36-37(33)24-16-10-5-11-17-24)29(28)30(34-25)22-12-6-3-7-13-22/h3-19,38H,1-2H3/b32-31+. The average molecular weight is 493 g/mol. The summed E-state index contributed by atoms with van der Waals surface area (Å²) in [6.45, 7) is 4.08. The van der Waals surface area contributed by atoms with Gasteiger partial charge in [0.1, 0.15) is 11.1 Å². The lowest BCUT2D eigenvalue weighted by molar-refractivity contribution is 0.506. The molecular weight excluding hydrogens is 468 g/mol. The molecule has 5 aromatic rings. The summed E-state index contributed by atoms with van der Waals surface area (Å²) in [5.74, 6) is 0.126. The molecule has 0 amide bonds. The Morgan fingerprint density at radius 2 is 1.34 bits per heavy atom. The number of nitrogens with zero attached hydrogens (tertiary/aromatic N) is 4. The molecule has 0 unspecified atom stereocenters.